The summed E-state index contributed by atoms with van der Waals surface area (Å²) in [6.07, 6.45) is 9.11. The first-order chi connectivity index (χ1) is 13.1. The Balaban J connectivity index is 2.45. The van der Waals surface area contributed by atoms with Crippen molar-refractivity contribution in [1.29, 1.82) is 0 Å². The minimum absolute atomic E-state index is 0.113. The maximum Gasteiger partial charge on any atom is 0.330 e. The Kier molecular flexibility index (Phi) is 6.52. The molecule has 1 aliphatic rings. The first-order valence-electron chi connectivity index (χ1n) is 8.94. The van der Waals surface area contributed by atoms with E-state index in [1.165, 1.54) is 31.4 Å². The molecule has 28 heavy (non-hydrogen) atoms. The number of hydrogen-bond acceptors (Lipinski definition) is 4. The van der Waals surface area contributed by atoms with Crippen LogP contribution < -0.4 is 0 Å². The summed E-state index contributed by atoms with van der Waals surface area (Å²) in [5.41, 5.74) is -0.971. The van der Waals surface area contributed by atoms with Crippen molar-refractivity contribution in [2.24, 2.45) is 5.41 Å². The molecule has 0 saturated carbocycles. The molecular weight excluding hydrogens is 359 g/mol. The van der Waals surface area contributed by atoms with Crippen molar-refractivity contribution in [3.05, 3.63) is 77.2 Å². The zero-order chi connectivity index (χ0) is 20.9. The molecule has 0 radical (unpaired) electrons. The Morgan fingerprint density at radius 1 is 1.25 bits per heavy atom. The minimum atomic E-state index is -1.48. The third kappa shape index (κ3) is 4.73. The van der Waals surface area contributed by atoms with Crippen molar-refractivity contribution >= 4 is 17.8 Å². The van der Waals surface area contributed by atoms with Gasteiger partial charge in [-0.05, 0) is 36.3 Å². The van der Waals surface area contributed by atoms with Gasteiger partial charge in [0.05, 0.1) is 7.11 Å². The van der Waals surface area contributed by atoms with E-state index < -0.39 is 22.8 Å². The summed E-state index contributed by atoms with van der Waals surface area (Å²) in [5.74, 6) is -1.00. The molecule has 0 unspecified atom stereocenters. The summed E-state index contributed by atoms with van der Waals surface area (Å²) >= 11 is 0. The molecule has 0 fully saturated rings. The predicted molar refractivity (Wildman–Crippen MR) is 107 cm³/mol. The average molecular weight is 384 g/mol. The molecule has 5 heteroatoms. The van der Waals surface area contributed by atoms with Gasteiger partial charge in [-0.15, -0.1) is 0 Å². The number of halogens is 1. The molecule has 2 rings (SSSR count). The number of aliphatic hydroxyl groups is 1. The standard InChI is InChI=1S/C23H25FO4/c1-16(13-21(26)28-4)11-12-23(27)18(14-19(25)15-22(23,2)3)10-9-17-7-5-6-8-20(17)24/h5-14,27H,15H2,1-4H3/b10-9+,12-11+,16-13-/t23-/m1/s1. The fourth-order valence-corrected chi connectivity index (χ4v) is 3.13. The highest BCUT2D eigenvalue weighted by Crippen LogP contribution is 2.45. The number of carbonyl (C=O) groups is 2. The van der Waals surface area contributed by atoms with Crippen molar-refractivity contribution < 1.29 is 23.8 Å². The maximum absolute atomic E-state index is 13.9. The van der Waals surface area contributed by atoms with E-state index in [2.05, 4.69) is 4.74 Å². The molecule has 0 aromatic heterocycles. The largest absolute Gasteiger partial charge is 0.466 e. The van der Waals surface area contributed by atoms with E-state index in [-0.39, 0.29) is 12.2 Å². The van der Waals surface area contributed by atoms with Gasteiger partial charge in [0.15, 0.2) is 5.78 Å². The van der Waals surface area contributed by atoms with Crippen LogP contribution in [-0.4, -0.2) is 29.6 Å². The monoisotopic (exact) mass is 384 g/mol. The molecule has 1 aromatic rings. The number of ether oxygens (including phenoxy) is 1. The van der Waals surface area contributed by atoms with Crippen LogP contribution in [0.3, 0.4) is 0 Å². The van der Waals surface area contributed by atoms with Crippen LogP contribution in [0.1, 0.15) is 32.8 Å². The van der Waals surface area contributed by atoms with E-state index in [4.69, 9.17) is 0 Å². The Morgan fingerprint density at radius 3 is 2.57 bits per heavy atom. The molecular formula is C23H25FO4. The van der Waals surface area contributed by atoms with Crippen LogP contribution in [-0.2, 0) is 14.3 Å². The summed E-state index contributed by atoms with van der Waals surface area (Å²) in [7, 11) is 1.29. The molecule has 1 aromatic carbocycles. The van der Waals surface area contributed by atoms with E-state index >= 15 is 0 Å². The van der Waals surface area contributed by atoms with Crippen molar-refractivity contribution in [1.82, 2.24) is 0 Å². The second-order valence-electron chi connectivity index (χ2n) is 7.49. The van der Waals surface area contributed by atoms with Crippen molar-refractivity contribution in [3.63, 3.8) is 0 Å². The fourth-order valence-electron chi connectivity index (χ4n) is 3.13. The Hall–Kier alpha value is -2.79. The summed E-state index contributed by atoms with van der Waals surface area (Å²) in [6, 6.07) is 6.26. The lowest BCUT2D eigenvalue weighted by molar-refractivity contribution is -0.134. The van der Waals surface area contributed by atoms with Gasteiger partial charge in [-0.3, -0.25) is 4.79 Å². The smallest absolute Gasteiger partial charge is 0.330 e. The highest BCUT2D eigenvalue weighted by atomic mass is 19.1. The lowest BCUT2D eigenvalue weighted by Crippen LogP contribution is -2.48. The normalized spacial score (nSPS) is 22.6. The van der Waals surface area contributed by atoms with E-state index in [0.29, 0.717) is 16.7 Å². The molecule has 1 N–H and O–H groups in total. The second kappa shape index (κ2) is 8.48. The van der Waals surface area contributed by atoms with Crippen molar-refractivity contribution in [2.45, 2.75) is 32.8 Å². The van der Waals surface area contributed by atoms with E-state index in [9.17, 15) is 19.1 Å². The van der Waals surface area contributed by atoms with Crippen LogP contribution in [0.5, 0.6) is 0 Å². The van der Waals surface area contributed by atoms with Gasteiger partial charge >= 0.3 is 5.97 Å². The third-order valence-corrected chi connectivity index (χ3v) is 4.89. The number of rotatable bonds is 5. The first kappa shape index (κ1) is 21.5. The number of allylic oxidation sites excluding steroid dienone is 3. The number of benzene rings is 1. The molecule has 0 saturated heterocycles. The quantitative estimate of drug-likeness (QED) is 0.470. The Labute approximate surface area is 164 Å². The summed E-state index contributed by atoms with van der Waals surface area (Å²) in [4.78, 5) is 23.6. The molecule has 0 spiro atoms. The summed E-state index contributed by atoms with van der Waals surface area (Å²) in [6.45, 7) is 5.29. The van der Waals surface area contributed by atoms with E-state index in [1.54, 1.807) is 57.2 Å². The molecule has 0 aliphatic heterocycles. The van der Waals surface area contributed by atoms with Crippen LogP contribution in [0.2, 0.25) is 0 Å². The number of ketones is 1. The number of carbonyl (C=O) groups excluding carboxylic acids is 2. The molecule has 0 heterocycles. The van der Waals surface area contributed by atoms with Crippen LogP contribution in [0.4, 0.5) is 4.39 Å². The lowest BCUT2D eigenvalue weighted by atomic mass is 9.64. The molecule has 0 bridgehead atoms. The van der Waals surface area contributed by atoms with Crippen molar-refractivity contribution in [3.8, 4) is 0 Å². The Bertz CT molecular complexity index is 890. The second-order valence-corrected chi connectivity index (χ2v) is 7.49. The van der Waals surface area contributed by atoms with Gasteiger partial charge in [-0.25, -0.2) is 9.18 Å². The third-order valence-electron chi connectivity index (χ3n) is 4.89. The topological polar surface area (TPSA) is 63.6 Å². The van der Waals surface area contributed by atoms with Gasteiger partial charge in [0.1, 0.15) is 11.4 Å². The van der Waals surface area contributed by atoms with E-state index in [1.807, 2.05) is 0 Å². The van der Waals surface area contributed by atoms with Crippen molar-refractivity contribution in [2.75, 3.05) is 7.11 Å². The zero-order valence-corrected chi connectivity index (χ0v) is 16.5. The first-order valence-corrected chi connectivity index (χ1v) is 8.94. The van der Waals surface area contributed by atoms with Crippen LogP contribution in [0.15, 0.2) is 65.8 Å². The Morgan fingerprint density at radius 2 is 1.93 bits per heavy atom. The SMILES string of the molecule is COC(=O)/C=C(C)\C=C\[C@@]1(O)C(/C=C/c2ccccc2F)=CC(=O)CC1(C)C. The van der Waals surface area contributed by atoms with Crippen LogP contribution in [0, 0.1) is 11.2 Å². The number of hydrogen-bond donors (Lipinski definition) is 1. The maximum atomic E-state index is 13.9. The molecule has 1 aliphatic carbocycles. The fraction of sp³-hybridized carbons (Fsp3) is 0.304. The molecule has 0 amide bonds. The predicted octanol–water partition coefficient (Wildman–Crippen LogP) is 4.17. The highest BCUT2D eigenvalue weighted by Gasteiger charge is 2.47. The van der Waals surface area contributed by atoms with E-state index in [0.717, 1.165) is 0 Å². The van der Waals surface area contributed by atoms with Crippen LogP contribution >= 0.6 is 0 Å². The molecule has 1 atom stereocenters. The minimum Gasteiger partial charge on any atom is -0.466 e. The highest BCUT2D eigenvalue weighted by molar-refractivity contribution is 5.94. The van der Waals surface area contributed by atoms with Gasteiger partial charge in [-0.1, -0.05) is 50.3 Å². The average Bonchev–Trinajstić information content (AvgIpc) is 2.62. The molecule has 148 valence electrons. The van der Waals surface area contributed by atoms with Gasteiger partial charge in [0.25, 0.3) is 0 Å². The summed E-state index contributed by atoms with van der Waals surface area (Å²) < 4.78 is 18.5. The summed E-state index contributed by atoms with van der Waals surface area (Å²) in [5, 5.41) is 11.5. The van der Waals surface area contributed by atoms with Gasteiger partial charge in [0.2, 0.25) is 0 Å². The molecule has 4 nitrogen and oxygen atoms in total. The van der Waals surface area contributed by atoms with Gasteiger partial charge < -0.3 is 9.84 Å². The number of methoxy groups -OCH3 is 1. The lowest BCUT2D eigenvalue weighted by Gasteiger charge is -2.44. The van der Waals surface area contributed by atoms with Crippen LogP contribution in [0.25, 0.3) is 6.08 Å². The van der Waals surface area contributed by atoms with Gasteiger partial charge in [-0.2, -0.15) is 0 Å². The van der Waals surface area contributed by atoms with Gasteiger partial charge in [0, 0.05) is 23.5 Å². The number of esters is 1. The zero-order valence-electron chi connectivity index (χ0n) is 16.5.